The molecule has 1 fully saturated rings. The molecule has 1 saturated carbocycles. The Hall–Kier alpha value is -1.40. The third kappa shape index (κ3) is 3.83. The van der Waals surface area contributed by atoms with Crippen LogP contribution < -0.4 is 0 Å². The summed E-state index contributed by atoms with van der Waals surface area (Å²) in [7, 11) is 0. The van der Waals surface area contributed by atoms with E-state index in [4.69, 9.17) is 10.00 Å². The molecule has 1 heterocycles. The molecular formula is C14H18N2O. The van der Waals surface area contributed by atoms with Crippen molar-refractivity contribution in [3.05, 3.63) is 30.1 Å². The maximum Gasteiger partial charge on any atom is 0.0628 e. The van der Waals surface area contributed by atoms with E-state index in [0.717, 1.165) is 38.9 Å². The van der Waals surface area contributed by atoms with Crippen LogP contribution in [0.25, 0.3) is 0 Å². The third-order valence-electron chi connectivity index (χ3n) is 3.32. The average Bonchev–Trinajstić information content (AvgIpc) is 3.11. The number of pyridine rings is 1. The molecule has 0 atom stereocenters. The van der Waals surface area contributed by atoms with Crippen molar-refractivity contribution in [3.8, 4) is 6.07 Å². The highest BCUT2D eigenvalue weighted by molar-refractivity contribution is 5.09. The van der Waals surface area contributed by atoms with Crippen LogP contribution in [0.4, 0.5) is 0 Å². The van der Waals surface area contributed by atoms with Crippen molar-refractivity contribution in [2.24, 2.45) is 5.41 Å². The number of ether oxygens (including phenoxy) is 1. The van der Waals surface area contributed by atoms with Crippen molar-refractivity contribution >= 4 is 0 Å². The first-order chi connectivity index (χ1) is 8.35. The Morgan fingerprint density at radius 1 is 1.35 bits per heavy atom. The lowest BCUT2D eigenvalue weighted by Crippen LogP contribution is -2.10. The molecule has 0 aromatic carbocycles. The lowest BCUT2D eigenvalue weighted by Gasteiger charge is -2.11. The van der Waals surface area contributed by atoms with E-state index in [-0.39, 0.29) is 5.41 Å². The van der Waals surface area contributed by atoms with E-state index < -0.39 is 0 Å². The van der Waals surface area contributed by atoms with E-state index in [1.807, 2.05) is 24.5 Å². The van der Waals surface area contributed by atoms with Crippen molar-refractivity contribution in [2.75, 3.05) is 13.2 Å². The van der Waals surface area contributed by atoms with Crippen molar-refractivity contribution in [3.63, 3.8) is 0 Å². The van der Waals surface area contributed by atoms with Gasteiger partial charge in [-0.15, -0.1) is 0 Å². The van der Waals surface area contributed by atoms with Gasteiger partial charge in [-0.2, -0.15) is 5.26 Å². The Morgan fingerprint density at radius 3 is 2.76 bits per heavy atom. The molecule has 1 aliphatic rings. The number of nitriles is 1. The van der Waals surface area contributed by atoms with E-state index in [1.54, 1.807) is 0 Å². The van der Waals surface area contributed by atoms with E-state index in [9.17, 15) is 0 Å². The first-order valence-corrected chi connectivity index (χ1v) is 6.18. The Morgan fingerprint density at radius 2 is 2.12 bits per heavy atom. The van der Waals surface area contributed by atoms with Gasteiger partial charge in [-0.1, -0.05) is 0 Å². The molecule has 0 unspecified atom stereocenters. The van der Waals surface area contributed by atoms with Gasteiger partial charge in [0.2, 0.25) is 0 Å². The van der Waals surface area contributed by atoms with E-state index in [0.29, 0.717) is 6.42 Å². The summed E-state index contributed by atoms with van der Waals surface area (Å²) in [5, 5.41) is 8.68. The second kappa shape index (κ2) is 5.79. The van der Waals surface area contributed by atoms with Gasteiger partial charge < -0.3 is 4.74 Å². The zero-order chi connectivity index (χ0) is 12.0. The Kier molecular flexibility index (Phi) is 4.11. The fraction of sp³-hybridized carbons (Fsp3) is 0.571. The molecule has 2 rings (SSSR count). The largest absolute Gasteiger partial charge is 0.381 e. The van der Waals surface area contributed by atoms with E-state index in [1.165, 1.54) is 5.56 Å². The summed E-state index contributed by atoms with van der Waals surface area (Å²) in [6, 6.07) is 6.33. The van der Waals surface area contributed by atoms with Crippen LogP contribution in [0.15, 0.2) is 24.5 Å². The summed E-state index contributed by atoms with van der Waals surface area (Å²) in [4.78, 5) is 3.99. The lowest BCUT2D eigenvalue weighted by atomic mass is 10.1. The fourth-order valence-corrected chi connectivity index (χ4v) is 1.93. The number of aryl methyl sites for hydroxylation is 1. The Labute approximate surface area is 102 Å². The van der Waals surface area contributed by atoms with Gasteiger partial charge in [0.15, 0.2) is 0 Å². The molecule has 0 bridgehead atoms. The van der Waals surface area contributed by atoms with Gasteiger partial charge in [-0.25, -0.2) is 0 Å². The van der Waals surface area contributed by atoms with Crippen LogP contribution in [0.5, 0.6) is 0 Å². The number of hydrogen-bond donors (Lipinski definition) is 0. The summed E-state index contributed by atoms with van der Waals surface area (Å²) in [6.07, 6.45) is 8.68. The highest BCUT2D eigenvalue weighted by Gasteiger charge is 2.42. The second-order valence-electron chi connectivity index (χ2n) is 4.85. The zero-order valence-corrected chi connectivity index (χ0v) is 10.1. The minimum atomic E-state index is 0.214. The Balaban J connectivity index is 1.57. The molecule has 1 aromatic rings. The summed E-state index contributed by atoms with van der Waals surface area (Å²) < 4.78 is 5.67. The van der Waals surface area contributed by atoms with E-state index in [2.05, 4.69) is 11.1 Å². The molecule has 0 N–H and O–H groups in total. The van der Waals surface area contributed by atoms with Gasteiger partial charge in [-0.3, -0.25) is 4.98 Å². The molecule has 0 radical (unpaired) electrons. The molecule has 3 heteroatoms. The topological polar surface area (TPSA) is 45.9 Å². The van der Waals surface area contributed by atoms with Gasteiger partial charge in [-0.05, 0) is 43.4 Å². The molecule has 90 valence electrons. The molecule has 1 aliphatic carbocycles. The van der Waals surface area contributed by atoms with Crippen LogP contribution in [0.2, 0.25) is 0 Å². The van der Waals surface area contributed by atoms with Crippen molar-refractivity contribution in [1.82, 2.24) is 4.98 Å². The standard InChI is InChI=1S/C14H18N2O/c15-8-7-14(5-6-14)12-17-11-1-2-13-3-9-16-10-4-13/h3-4,9-10H,1-2,5-7,11-12H2. The van der Waals surface area contributed by atoms with Crippen LogP contribution >= 0.6 is 0 Å². The van der Waals surface area contributed by atoms with Gasteiger partial charge in [0.25, 0.3) is 0 Å². The molecule has 3 nitrogen and oxygen atoms in total. The smallest absolute Gasteiger partial charge is 0.0628 e. The highest BCUT2D eigenvalue weighted by Crippen LogP contribution is 2.48. The predicted molar refractivity (Wildman–Crippen MR) is 65.3 cm³/mol. The summed E-state index contributed by atoms with van der Waals surface area (Å²) in [6.45, 7) is 1.55. The number of hydrogen-bond acceptors (Lipinski definition) is 3. The zero-order valence-electron chi connectivity index (χ0n) is 10.1. The summed E-state index contributed by atoms with van der Waals surface area (Å²) in [5.74, 6) is 0. The first-order valence-electron chi connectivity index (χ1n) is 6.18. The van der Waals surface area contributed by atoms with Gasteiger partial charge in [0.05, 0.1) is 12.7 Å². The normalized spacial score (nSPS) is 16.4. The average molecular weight is 230 g/mol. The maximum atomic E-state index is 8.68. The number of aromatic nitrogens is 1. The van der Waals surface area contributed by atoms with Crippen LogP contribution in [0, 0.1) is 16.7 Å². The van der Waals surface area contributed by atoms with E-state index >= 15 is 0 Å². The van der Waals surface area contributed by atoms with Crippen LogP contribution in [-0.2, 0) is 11.2 Å². The second-order valence-corrected chi connectivity index (χ2v) is 4.85. The highest BCUT2D eigenvalue weighted by atomic mass is 16.5. The van der Waals surface area contributed by atoms with Crippen molar-refractivity contribution < 1.29 is 4.74 Å². The van der Waals surface area contributed by atoms with Gasteiger partial charge >= 0.3 is 0 Å². The van der Waals surface area contributed by atoms with Gasteiger partial charge in [0, 0.05) is 30.8 Å². The molecular weight excluding hydrogens is 212 g/mol. The van der Waals surface area contributed by atoms with Crippen LogP contribution in [0.3, 0.4) is 0 Å². The number of rotatable bonds is 7. The molecule has 17 heavy (non-hydrogen) atoms. The maximum absolute atomic E-state index is 8.68. The first kappa shape index (κ1) is 12.1. The van der Waals surface area contributed by atoms with Crippen LogP contribution in [0.1, 0.15) is 31.2 Å². The minimum absolute atomic E-state index is 0.214. The van der Waals surface area contributed by atoms with Crippen molar-refractivity contribution in [2.45, 2.75) is 32.1 Å². The Bertz CT molecular complexity index is 379. The summed E-state index contributed by atoms with van der Waals surface area (Å²) >= 11 is 0. The SMILES string of the molecule is N#CCC1(COCCCc2ccncc2)CC1. The fourth-order valence-electron chi connectivity index (χ4n) is 1.93. The minimum Gasteiger partial charge on any atom is -0.381 e. The number of nitrogens with zero attached hydrogens (tertiary/aromatic N) is 2. The predicted octanol–water partition coefficient (Wildman–Crippen LogP) is 2.72. The quantitative estimate of drug-likeness (QED) is 0.676. The molecule has 1 aromatic heterocycles. The monoisotopic (exact) mass is 230 g/mol. The van der Waals surface area contributed by atoms with Crippen molar-refractivity contribution in [1.29, 1.82) is 5.26 Å². The molecule has 0 aliphatic heterocycles. The van der Waals surface area contributed by atoms with Crippen LogP contribution in [-0.4, -0.2) is 18.2 Å². The summed E-state index contributed by atoms with van der Waals surface area (Å²) in [5.41, 5.74) is 1.52. The molecule has 0 spiro atoms. The molecule has 0 amide bonds. The third-order valence-corrected chi connectivity index (χ3v) is 3.32. The lowest BCUT2D eigenvalue weighted by molar-refractivity contribution is 0.0900. The van der Waals surface area contributed by atoms with Gasteiger partial charge in [0.1, 0.15) is 0 Å². The molecule has 0 saturated heterocycles.